The van der Waals surface area contributed by atoms with E-state index in [4.69, 9.17) is 0 Å². The fourth-order valence-electron chi connectivity index (χ4n) is 5.24. The third-order valence-electron chi connectivity index (χ3n) is 7.76. The van der Waals surface area contributed by atoms with Crippen molar-refractivity contribution in [3.05, 3.63) is 77.0 Å². The number of carbonyl (C=O) groups is 2. The topological polar surface area (TPSA) is 134 Å². The second-order valence-corrected chi connectivity index (χ2v) is 10.6. The van der Waals surface area contributed by atoms with Crippen LogP contribution in [0.3, 0.4) is 0 Å². The predicted molar refractivity (Wildman–Crippen MR) is 151 cm³/mol. The molecule has 3 heterocycles. The number of carbonyl (C=O) groups excluding carboxylic acids is 2. The molecule has 2 amide bonds. The lowest BCUT2D eigenvalue weighted by Gasteiger charge is -2.38. The quantitative estimate of drug-likeness (QED) is 0.327. The molecule has 3 N–H and O–H groups in total. The molecule has 1 saturated heterocycles. The lowest BCUT2D eigenvalue weighted by Crippen LogP contribution is -2.50. The van der Waals surface area contributed by atoms with E-state index in [0.717, 1.165) is 18.5 Å². The molecule has 1 aliphatic carbocycles. The summed E-state index contributed by atoms with van der Waals surface area (Å²) in [6.07, 6.45) is 5.67. The Balaban J connectivity index is 1.16. The molecule has 0 bridgehead atoms. The molecule has 206 valence electrons. The largest absolute Gasteiger partial charge is 0.388 e. The standard InChI is InChI=1S/C29H31N7O4/c1-30-24-5-3-2-4-22(24)26(37)33-20-8-10-21(11-9-20)36-25-23(16-32-36)28(39)35(18-31-25)17-29(40)12-14-34(15-13-29)27(38)19-6-7-19/h2-5,8-11,16,18-19,30,40H,6-7,12-15,17H2,1H3,(H,33,37). The van der Waals surface area contributed by atoms with Crippen LogP contribution in [-0.2, 0) is 11.3 Å². The van der Waals surface area contributed by atoms with Crippen molar-refractivity contribution in [1.82, 2.24) is 24.2 Å². The molecule has 0 unspecified atom stereocenters. The molecular weight excluding hydrogens is 510 g/mol. The normalized spacial score (nSPS) is 16.6. The Morgan fingerprint density at radius 3 is 2.50 bits per heavy atom. The van der Waals surface area contributed by atoms with Gasteiger partial charge >= 0.3 is 0 Å². The van der Waals surface area contributed by atoms with Crippen molar-refractivity contribution in [1.29, 1.82) is 0 Å². The molecule has 1 aliphatic heterocycles. The summed E-state index contributed by atoms with van der Waals surface area (Å²) < 4.78 is 2.99. The number of likely N-dealkylation sites (tertiary alicyclic amines) is 1. The first-order chi connectivity index (χ1) is 19.3. The van der Waals surface area contributed by atoms with Gasteiger partial charge in [0, 0.05) is 37.4 Å². The number of para-hydroxylation sites is 1. The van der Waals surface area contributed by atoms with Crippen LogP contribution in [0.15, 0.2) is 65.8 Å². The average Bonchev–Trinajstić information content (AvgIpc) is 3.74. The lowest BCUT2D eigenvalue weighted by molar-refractivity contribution is -0.137. The minimum absolute atomic E-state index is 0.108. The Hall–Kier alpha value is -4.51. The Labute approximate surface area is 230 Å². The highest BCUT2D eigenvalue weighted by molar-refractivity contribution is 6.08. The summed E-state index contributed by atoms with van der Waals surface area (Å²) in [5.74, 6) is 0.114. The number of aliphatic hydroxyl groups is 1. The summed E-state index contributed by atoms with van der Waals surface area (Å²) in [5.41, 5.74) is 1.60. The van der Waals surface area contributed by atoms with Crippen LogP contribution in [0.4, 0.5) is 11.4 Å². The van der Waals surface area contributed by atoms with Crippen LogP contribution in [-0.4, -0.2) is 66.9 Å². The Bertz CT molecular complexity index is 1630. The zero-order valence-electron chi connectivity index (χ0n) is 22.2. The van der Waals surface area contributed by atoms with Crippen molar-refractivity contribution < 1.29 is 14.7 Å². The third kappa shape index (κ3) is 4.95. The smallest absolute Gasteiger partial charge is 0.264 e. The number of rotatable bonds is 7. The zero-order valence-corrected chi connectivity index (χ0v) is 22.2. The van der Waals surface area contributed by atoms with Gasteiger partial charge in [0.25, 0.3) is 11.5 Å². The summed E-state index contributed by atoms with van der Waals surface area (Å²) in [6.45, 7) is 1.09. The van der Waals surface area contributed by atoms with Crippen LogP contribution in [0, 0.1) is 5.92 Å². The number of hydrogen-bond donors (Lipinski definition) is 3. The fraction of sp³-hybridized carbons (Fsp3) is 0.345. The number of piperidine rings is 1. The molecule has 11 nitrogen and oxygen atoms in total. The van der Waals surface area contributed by atoms with Gasteiger partial charge < -0.3 is 20.6 Å². The number of anilines is 2. The molecular formula is C29H31N7O4. The Morgan fingerprint density at radius 2 is 1.80 bits per heavy atom. The average molecular weight is 542 g/mol. The van der Waals surface area contributed by atoms with Gasteiger partial charge in [-0.3, -0.25) is 19.0 Å². The molecule has 6 rings (SSSR count). The number of hydrogen-bond acceptors (Lipinski definition) is 7. The number of fused-ring (bicyclic) bond motifs is 1. The van der Waals surface area contributed by atoms with E-state index in [9.17, 15) is 19.5 Å². The molecule has 11 heteroatoms. The van der Waals surface area contributed by atoms with Gasteiger partial charge in [-0.15, -0.1) is 0 Å². The van der Waals surface area contributed by atoms with E-state index < -0.39 is 5.60 Å². The monoisotopic (exact) mass is 541 g/mol. The van der Waals surface area contributed by atoms with Gasteiger partial charge in [-0.2, -0.15) is 5.10 Å². The Morgan fingerprint density at radius 1 is 1.07 bits per heavy atom. The summed E-state index contributed by atoms with van der Waals surface area (Å²) in [4.78, 5) is 44.7. The van der Waals surface area contributed by atoms with E-state index in [1.807, 2.05) is 23.1 Å². The van der Waals surface area contributed by atoms with Crippen LogP contribution in [0.1, 0.15) is 36.0 Å². The molecule has 0 atom stereocenters. The molecule has 40 heavy (non-hydrogen) atoms. The maximum Gasteiger partial charge on any atom is 0.264 e. The minimum Gasteiger partial charge on any atom is -0.388 e. The summed E-state index contributed by atoms with van der Waals surface area (Å²) in [6, 6.07) is 14.4. The third-order valence-corrected chi connectivity index (χ3v) is 7.76. The highest BCUT2D eigenvalue weighted by atomic mass is 16.3. The van der Waals surface area contributed by atoms with Crippen molar-refractivity contribution in [3.63, 3.8) is 0 Å². The van der Waals surface area contributed by atoms with Crippen molar-refractivity contribution in [3.8, 4) is 5.69 Å². The number of nitrogens with zero attached hydrogens (tertiary/aromatic N) is 5. The van der Waals surface area contributed by atoms with E-state index in [1.165, 1.54) is 17.1 Å². The van der Waals surface area contributed by atoms with E-state index >= 15 is 0 Å². The lowest BCUT2D eigenvalue weighted by atomic mass is 9.91. The number of amides is 2. The molecule has 2 aromatic heterocycles. The second kappa shape index (κ2) is 10.2. The molecule has 4 aromatic rings. The van der Waals surface area contributed by atoms with E-state index in [0.29, 0.717) is 53.9 Å². The van der Waals surface area contributed by atoms with E-state index in [-0.39, 0.29) is 29.8 Å². The van der Waals surface area contributed by atoms with Crippen molar-refractivity contribution in [2.24, 2.45) is 5.92 Å². The number of benzene rings is 2. The molecule has 1 saturated carbocycles. The molecule has 2 aromatic carbocycles. The minimum atomic E-state index is -1.08. The van der Waals surface area contributed by atoms with Crippen molar-refractivity contribution in [2.75, 3.05) is 30.8 Å². The van der Waals surface area contributed by atoms with Gasteiger partial charge in [0.2, 0.25) is 5.91 Å². The SMILES string of the molecule is CNc1ccccc1C(=O)Nc1ccc(-n2ncc3c(=O)n(CC4(O)CCN(C(=O)C5CC5)CC4)cnc32)cc1. The van der Waals surface area contributed by atoms with Gasteiger partial charge in [0.05, 0.1) is 29.6 Å². The highest BCUT2D eigenvalue weighted by Crippen LogP contribution is 2.33. The first-order valence-electron chi connectivity index (χ1n) is 13.5. The van der Waals surface area contributed by atoms with Crippen LogP contribution in [0.25, 0.3) is 16.7 Å². The number of nitrogens with one attached hydrogen (secondary N) is 2. The van der Waals surface area contributed by atoms with Gasteiger partial charge in [0.1, 0.15) is 11.7 Å². The zero-order chi connectivity index (χ0) is 27.9. The Kier molecular flexibility index (Phi) is 6.59. The van der Waals surface area contributed by atoms with Gasteiger partial charge in [-0.05, 0) is 62.1 Å². The van der Waals surface area contributed by atoms with Gasteiger partial charge in [-0.1, -0.05) is 12.1 Å². The molecule has 0 spiro atoms. The summed E-state index contributed by atoms with van der Waals surface area (Å²) >= 11 is 0. The van der Waals surface area contributed by atoms with Crippen LogP contribution >= 0.6 is 0 Å². The molecule has 2 aliphatic rings. The van der Waals surface area contributed by atoms with Gasteiger partial charge in [0.15, 0.2) is 5.65 Å². The first kappa shape index (κ1) is 25.8. The van der Waals surface area contributed by atoms with Crippen LogP contribution < -0.4 is 16.2 Å². The maximum atomic E-state index is 13.3. The van der Waals surface area contributed by atoms with Crippen molar-refractivity contribution >= 4 is 34.2 Å². The first-order valence-corrected chi connectivity index (χ1v) is 13.5. The molecule has 2 fully saturated rings. The summed E-state index contributed by atoms with van der Waals surface area (Å²) in [5, 5.41) is 21.8. The maximum absolute atomic E-state index is 13.3. The van der Waals surface area contributed by atoms with Gasteiger partial charge in [-0.25, -0.2) is 9.67 Å². The fourth-order valence-corrected chi connectivity index (χ4v) is 5.24. The number of aromatic nitrogens is 4. The van der Waals surface area contributed by atoms with E-state index in [1.54, 1.807) is 42.1 Å². The van der Waals surface area contributed by atoms with Crippen molar-refractivity contribution in [2.45, 2.75) is 37.8 Å². The van der Waals surface area contributed by atoms with Crippen LogP contribution in [0.5, 0.6) is 0 Å². The predicted octanol–water partition coefficient (Wildman–Crippen LogP) is 2.64. The summed E-state index contributed by atoms with van der Waals surface area (Å²) in [7, 11) is 1.77. The second-order valence-electron chi connectivity index (χ2n) is 10.6. The highest BCUT2D eigenvalue weighted by Gasteiger charge is 2.39. The van der Waals surface area contributed by atoms with Crippen LogP contribution in [0.2, 0.25) is 0 Å². The molecule has 0 radical (unpaired) electrons. The van der Waals surface area contributed by atoms with E-state index in [2.05, 4.69) is 20.7 Å².